The standard InChI is InChI=1S/5ClH.2H2O.Re/h5*1H;2*1H2;/q;;;;;;;+5/p-5. The average molecular weight is 400 g/mol. The van der Waals surface area contributed by atoms with Gasteiger partial charge in [-0.25, -0.2) is 0 Å². The fourth-order valence-electron chi connectivity index (χ4n) is 0. The van der Waals surface area contributed by atoms with Crippen molar-refractivity contribution in [3.63, 3.8) is 0 Å². The van der Waals surface area contributed by atoms with Crippen molar-refractivity contribution >= 4 is 47.6 Å². The molecule has 0 aliphatic carbocycles. The Hall–Kier alpha value is 2.03. The van der Waals surface area contributed by atoms with Crippen molar-refractivity contribution < 1.29 is 20.2 Å². The van der Waals surface area contributed by atoms with Crippen molar-refractivity contribution in [2.45, 2.75) is 0 Å². The topological polar surface area (TPSA) is 63.0 Å². The molecular formula is H4Cl5O2Re. The van der Waals surface area contributed by atoms with Crippen molar-refractivity contribution in [1.29, 1.82) is 0 Å². The fraction of sp³-hybridized carbons (Fsp3) is 0. The molecular weight excluding hydrogens is 395 g/mol. The van der Waals surface area contributed by atoms with Gasteiger partial charge in [0.1, 0.15) is 0 Å². The second-order valence-electron chi connectivity index (χ2n) is 0.540. The molecule has 0 radical (unpaired) electrons. The number of halogens is 5. The van der Waals surface area contributed by atoms with Gasteiger partial charge in [0.05, 0.1) is 0 Å². The van der Waals surface area contributed by atoms with Gasteiger partial charge in [-0.1, -0.05) is 0 Å². The monoisotopic (exact) mass is 398 g/mol. The summed E-state index contributed by atoms with van der Waals surface area (Å²) in [4.78, 5) is 0. The average Bonchev–Trinajstić information content (AvgIpc) is 0.650. The first-order valence-corrected chi connectivity index (χ1v) is 17.5. The Morgan fingerprint density at radius 2 is 0.625 bits per heavy atom. The summed E-state index contributed by atoms with van der Waals surface area (Å²) in [5.41, 5.74) is 0. The van der Waals surface area contributed by atoms with Gasteiger partial charge in [0.25, 0.3) is 0 Å². The maximum atomic E-state index is 5.05. The minimum atomic E-state index is -4.34. The van der Waals surface area contributed by atoms with Crippen molar-refractivity contribution in [2.24, 2.45) is 0 Å². The molecule has 0 aromatic heterocycles. The van der Waals surface area contributed by atoms with Crippen LogP contribution in [0.3, 0.4) is 0 Å². The van der Waals surface area contributed by atoms with Crippen LogP contribution in [0.5, 0.6) is 0 Å². The molecule has 0 aliphatic rings. The first-order valence-electron chi connectivity index (χ1n) is 0.714. The zero-order valence-corrected chi connectivity index (χ0v) is 9.76. The second kappa shape index (κ2) is 4.03. The number of hydrogen-bond donors (Lipinski definition) is 0. The SMILES string of the molecule is O.O.[Cl][Re]([Cl])([Cl])([Cl])[Cl]. The summed E-state index contributed by atoms with van der Waals surface area (Å²) in [6, 6.07) is 0. The Morgan fingerprint density at radius 1 is 0.625 bits per heavy atom. The van der Waals surface area contributed by atoms with E-state index in [1.165, 1.54) is 0 Å². The molecule has 0 spiro atoms. The van der Waals surface area contributed by atoms with Gasteiger partial charge in [-0.3, -0.25) is 0 Å². The quantitative estimate of drug-likeness (QED) is 0.596. The third-order valence-corrected chi connectivity index (χ3v) is 0. The van der Waals surface area contributed by atoms with Crippen LogP contribution in [0.4, 0.5) is 0 Å². The van der Waals surface area contributed by atoms with E-state index in [-0.39, 0.29) is 11.0 Å². The van der Waals surface area contributed by atoms with Crippen LogP contribution < -0.4 is 0 Å². The van der Waals surface area contributed by atoms with E-state index in [4.69, 9.17) is 47.6 Å². The normalized spacial score (nSPS) is 14.4. The van der Waals surface area contributed by atoms with Gasteiger partial charge in [0, 0.05) is 0 Å². The molecule has 0 saturated carbocycles. The van der Waals surface area contributed by atoms with Crippen LogP contribution in [-0.4, -0.2) is 11.0 Å². The summed E-state index contributed by atoms with van der Waals surface area (Å²) in [6.07, 6.45) is 0. The van der Waals surface area contributed by atoms with E-state index in [1.807, 2.05) is 0 Å². The molecule has 8 heavy (non-hydrogen) atoms. The Balaban J connectivity index is -0.000000125. The van der Waals surface area contributed by atoms with Crippen LogP contribution in [0.25, 0.3) is 0 Å². The maximum absolute atomic E-state index is 5.05. The molecule has 2 nitrogen and oxygen atoms in total. The van der Waals surface area contributed by atoms with E-state index < -0.39 is 9.21 Å². The second-order valence-corrected chi connectivity index (χ2v) is 39.8. The van der Waals surface area contributed by atoms with Crippen LogP contribution in [0.2, 0.25) is 0 Å². The third-order valence-electron chi connectivity index (χ3n) is 0. The first kappa shape index (κ1) is 16.6. The number of rotatable bonds is 0. The van der Waals surface area contributed by atoms with Gasteiger partial charge >= 0.3 is 56.9 Å². The molecule has 0 fully saturated rings. The Bertz CT molecular complexity index is 43.6. The Kier molecular flexibility index (Phi) is 8.33. The van der Waals surface area contributed by atoms with Gasteiger partial charge in [0.15, 0.2) is 0 Å². The molecule has 0 heterocycles. The molecule has 0 aliphatic heterocycles. The van der Waals surface area contributed by atoms with Crippen LogP contribution in [0.1, 0.15) is 0 Å². The Labute approximate surface area is 67.3 Å². The first-order chi connectivity index (χ1) is 2.24. The zero-order valence-electron chi connectivity index (χ0n) is 3.27. The zero-order chi connectivity index (χ0) is 5.45. The van der Waals surface area contributed by atoms with Crippen LogP contribution in [0.15, 0.2) is 0 Å². The van der Waals surface area contributed by atoms with E-state index in [0.29, 0.717) is 0 Å². The van der Waals surface area contributed by atoms with Crippen LogP contribution >= 0.6 is 47.6 Å². The molecule has 0 saturated heterocycles. The summed E-state index contributed by atoms with van der Waals surface area (Å²) < 4.78 is 0. The molecule has 0 aromatic carbocycles. The van der Waals surface area contributed by atoms with Crippen LogP contribution in [-0.2, 0) is 9.21 Å². The van der Waals surface area contributed by atoms with Crippen molar-refractivity contribution in [3.8, 4) is 0 Å². The predicted octanol–water partition coefficient (Wildman–Crippen LogP) is 1.80. The molecule has 0 atom stereocenters. The molecule has 0 aromatic rings. The summed E-state index contributed by atoms with van der Waals surface area (Å²) in [5.74, 6) is 0. The Morgan fingerprint density at radius 3 is 0.625 bits per heavy atom. The molecule has 58 valence electrons. The van der Waals surface area contributed by atoms with Gasteiger partial charge in [-0.05, 0) is 0 Å². The van der Waals surface area contributed by atoms with Crippen molar-refractivity contribution in [2.75, 3.05) is 0 Å². The molecule has 4 N–H and O–H groups in total. The molecule has 0 unspecified atom stereocenters. The summed E-state index contributed by atoms with van der Waals surface area (Å²) >= 11 is 0. The van der Waals surface area contributed by atoms with Crippen molar-refractivity contribution in [3.05, 3.63) is 0 Å². The summed E-state index contributed by atoms with van der Waals surface area (Å²) in [5, 5.41) is 0. The molecule has 0 bridgehead atoms. The van der Waals surface area contributed by atoms with E-state index in [9.17, 15) is 0 Å². The predicted molar refractivity (Wildman–Crippen MR) is 36.5 cm³/mol. The van der Waals surface area contributed by atoms with Crippen LogP contribution in [0, 0.1) is 0 Å². The molecule has 0 amide bonds. The van der Waals surface area contributed by atoms with E-state index in [2.05, 4.69) is 0 Å². The van der Waals surface area contributed by atoms with Gasteiger partial charge < -0.3 is 11.0 Å². The van der Waals surface area contributed by atoms with E-state index >= 15 is 0 Å². The third kappa shape index (κ3) is 96.2. The van der Waals surface area contributed by atoms with Gasteiger partial charge in [0.2, 0.25) is 0 Å². The summed E-state index contributed by atoms with van der Waals surface area (Å²) in [6.45, 7) is 0. The molecule has 0 rings (SSSR count). The van der Waals surface area contributed by atoms with Gasteiger partial charge in [-0.15, -0.1) is 0 Å². The fourth-order valence-corrected chi connectivity index (χ4v) is 0. The minimum absolute atomic E-state index is 0. The van der Waals surface area contributed by atoms with E-state index in [0.717, 1.165) is 0 Å². The summed E-state index contributed by atoms with van der Waals surface area (Å²) in [7, 11) is 20.9. The van der Waals surface area contributed by atoms with Gasteiger partial charge in [-0.2, -0.15) is 0 Å². The molecule has 8 heteroatoms. The number of hydrogen-bond acceptors (Lipinski definition) is 0. The van der Waals surface area contributed by atoms with Crippen molar-refractivity contribution in [1.82, 2.24) is 0 Å². The van der Waals surface area contributed by atoms with E-state index in [1.54, 1.807) is 0 Å².